The van der Waals surface area contributed by atoms with Crippen LogP contribution in [-0.4, -0.2) is 17.2 Å². The van der Waals surface area contributed by atoms with Crippen molar-refractivity contribution in [2.75, 3.05) is 0 Å². The van der Waals surface area contributed by atoms with E-state index in [4.69, 9.17) is 14.8 Å². The Kier molecular flexibility index (Phi) is 4.58. The predicted molar refractivity (Wildman–Crippen MR) is 74.7 cm³/mol. The molecule has 0 aromatic heterocycles. The van der Waals surface area contributed by atoms with Crippen LogP contribution in [0.4, 0.5) is 4.39 Å². The fraction of sp³-hybridized carbons (Fsp3) is 0.0769. The quantitative estimate of drug-likeness (QED) is 0.844. The minimum atomic E-state index is -1.85. The fourth-order valence-electron chi connectivity index (χ4n) is 1.59. The van der Waals surface area contributed by atoms with Crippen LogP contribution in [0.25, 0.3) is 0 Å². The van der Waals surface area contributed by atoms with Crippen LogP contribution in [0.1, 0.15) is 5.56 Å². The lowest BCUT2D eigenvalue weighted by Gasteiger charge is -2.11. The standard InChI is InChI=1S/C13H11BBrFO3/c15-12-11(7-6-10(13(12)16)14(17)18)19-8-9-4-2-1-3-5-9/h1-7,17-18H,8H2. The van der Waals surface area contributed by atoms with E-state index in [0.29, 0.717) is 12.4 Å². The summed E-state index contributed by atoms with van der Waals surface area (Å²) in [6, 6.07) is 12.2. The Morgan fingerprint density at radius 1 is 1.11 bits per heavy atom. The van der Waals surface area contributed by atoms with Crippen LogP contribution >= 0.6 is 15.9 Å². The molecule has 0 amide bonds. The summed E-state index contributed by atoms with van der Waals surface area (Å²) >= 11 is 3.05. The molecule has 0 radical (unpaired) electrons. The Morgan fingerprint density at radius 2 is 1.79 bits per heavy atom. The maximum atomic E-state index is 13.8. The Balaban J connectivity index is 2.16. The maximum Gasteiger partial charge on any atom is 0.491 e. The number of hydrogen-bond acceptors (Lipinski definition) is 3. The molecule has 2 aromatic carbocycles. The first kappa shape index (κ1) is 14.1. The average Bonchev–Trinajstić information content (AvgIpc) is 2.41. The lowest BCUT2D eigenvalue weighted by Crippen LogP contribution is -2.33. The van der Waals surface area contributed by atoms with E-state index in [1.54, 1.807) is 0 Å². The second-order valence-electron chi connectivity index (χ2n) is 3.93. The van der Waals surface area contributed by atoms with Crippen LogP contribution < -0.4 is 10.2 Å². The highest BCUT2D eigenvalue weighted by Crippen LogP contribution is 2.27. The van der Waals surface area contributed by atoms with E-state index in [0.717, 1.165) is 5.56 Å². The van der Waals surface area contributed by atoms with Gasteiger partial charge < -0.3 is 14.8 Å². The van der Waals surface area contributed by atoms with Gasteiger partial charge in [0.15, 0.2) is 0 Å². The van der Waals surface area contributed by atoms with Crippen molar-refractivity contribution in [1.29, 1.82) is 0 Å². The zero-order valence-electron chi connectivity index (χ0n) is 9.88. The molecule has 2 N–H and O–H groups in total. The molecular formula is C13H11BBrFO3. The number of rotatable bonds is 4. The maximum absolute atomic E-state index is 13.8. The van der Waals surface area contributed by atoms with Gasteiger partial charge in [-0.05, 0) is 27.6 Å². The third-order valence-electron chi connectivity index (χ3n) is 2.59. The molecule has 0 saturated carbocycles. The Bertz CT molecular complexity index is 563. The number of ether oxygens (including phenoxy) is 1. The van der Waals surface area contributed by atoms with Gasteiger partial charge in [-0.15, -0.1) is 0 Å². The SMILES string of the molecule is OB(O)c1ccc(OCc2ccccc2)c(Br)c1F. The van der Waals surface area contributed by atoms with Gasteiger partial charge in [-0.2, -0.15) is 0 Å². The summed E-state index contributed by atoms with van der Waals surface area (Å²) in [5, 5.41) is 18.0. The van der Waals surface area contributed by atoms with Gasteiger partial charge in [0, 0.05) is 5.46 Å². The first-order chi connectivity index (χ1) is 9.09. The van der Waals surface area contributed by atoms with E-state index in [1.807, 2.05) is 30.3 Å². The third kappa shape index (κ3) is 3.35. The molecule has 0 aliphatic carbocycles. The molecule has 2 aromatic rings. The molecular weight excluding hydrogens is 314 g/mol. The van der Waals surface area contributed by atoms with Crippen molar-refractivity contribution in [2.24, 2.45) is 0 Å². The summed E-state index contributed by atoms with van der Waals surface area (Å²) in [5.41, 5.74) is 0.764. The molecule has 0 saturated heterocycles. The molecule has 2 rings (SSSR count). The van der Waals surface area contributed by atoms with Crippen molar-refractivity contribution < 1.29 is 19.2 Å². The van der Waals surface area contributed by atoms with Gasteiger partial charge in [-0.25, -0.2) is 4.39 Å². The Hall–Kier alpha value is -1.37. The summed E-state index contributed by atoms with van der Waals surface area (Å²) in [4.78, 5) is 0. The molecule has 19 heavy (non-hydrogen) atoms. The Labute approximate surface area is 118 Å². The van der Waals surface area contributed by atoms with Crippen LogP contribution in [0, 0.1) is 5.82 Å². The first-order valence-electron chi connectivity index (χ1n) is 5.60. The highest BCUT2D eigenvalue weighted by molar-refractivity contribution is 9.10. The highest BCUT2D eigenvalue weighted by Gasteiger charge is 2.20. The third-order valence-corrected chi connectivity index (χ3v) is 3.33. The molecule has 0 atom stereocenters. The monoisotopic (exact) mass is 324 g/mol. The number of benzene rings is 2. The molecule has 0 bridgehead atoms. The molecule has 0 fully saturated rings. The molecule has 0 unspecified atom stereocenters. The van der Waals surface area contributed by atoms with Crippen molar-refractivity contribution in [2.45, 2.75) is 6.61 Å². The van der Waals surface area contributed by atoms with Gasteiger partial charge in [-0.1, -0.05) is 36.4 Å². The number of halogens is 2. The molecule has 0 spiro atoms. The average molecular weight is 325 g/mol. The Morgan fingerprint density at radius 3 is 2.42 bits per heavy atom. The largest absolute Gasteiger partial charge is 0.491 e. The van der Waals surface area contributed by atoms with E-state index < -0.39 is 12.9 Å². The van der Waals surface area contributed by atoms with E-state index in [-0.39, 0.29) is 9.94 Å². The van der Waals surface area contributed by atoms with E-state index in [9.17, 15) is 4.39 Å². The van der Waals surface area contributed by atoms with Crippen molar-refractivity contribution in [3.05, 3.63) is 58.3 Å². The summed E-state index contributed by atoms with van der Waals surface area (Å²) < 4.78 is 19.4. The molecule has 0 aliphatic heterocycles. The topological polar surface area (TPSA) is 49.7 Å². The van der Waals surface area contributed by atoms with Crippen molar-refractivity contribution in [3.8, 4) is 5.75 Å². The van der Waals surface area contributed by atoms with Crippen LogP contribution in [-0.2, 0) is 6.61 Å². The summed E-state index contributed by atoms with van der Waals surface area (Å²) in [6.45, 7) is 0.305. The fourth-order valence-corrected chi connectivity index (χ4v) is 2.07. The highest BCUT2D eigenvalue weighted by atomic mass is 79.9. The lowest BCUT2D eigenvalue weighted by atomic mass is 9.80. The lowest BCUT2D eigenvalue weighted by molar-refractivity contribution is 0.302. The second kappa shape index (κ2) is 6.19. The van der Waals surface area contributed by atoms with Crippen LogP contribution in [0.3, 0.4) is 0 Å². The first-order valence-corrected chi connectivity index (χ1v) is 6.39. The van der Waals surface area contributed by atoms with E-state index in [1.165, 1.54) is 12.1 Å². The van der Waals surface area contributed by atoms with Gasteiger partial charge in [0.05, 0.1) is 4.47 Å². The predicted octanol–water partition coefficient (Wildman–Crippen LogP) is 1.85. The zero-order valence-corrected chi connectivity index (χ0v) is 11.5. The van der Waals surface area contributed by atoms with Crippen LogP contribution in [0.2, 0.25) is 0 Å². The second-order valence-corrected chi connectivity index (χ2v) is 4.72. The van der Waals surface area contributed by atoms with Gasteiger partial charge in [0.25, 0.3) is 0 Å². The van der Waals surface area contributed by atoms with E-state index >= 15 is 0 Å². The molecule has 3 nitrogen and oxygen atoms in total. The smallest absolute Gasteiger partial charge is 0.488 e. The minimum absolute atomic E-state index is 0.0778. The molecule has 6 heteroatoms. The van der Waals surface area contributed by atoms with Crippen LogP contribution in [0.15, 0.2) is 46.9 Å². The summed E-state index contributed by atoms with van der Waals surface area (Å²) in [6.07, 6.45) is 0. The van der Waals surface area contributed by atoms with Gasteiger partial charge >= 0.3 is 7.12 Å². The van der Waals surface area contributed by atoms with E-state index in [2.05, 4.69) is 15.9 Å². The van der Waals surface area contributed by atoms with Gasteiger partial charge in [0.2, 0.25) is 0 Å². The summed E-state index contributed by atoms with van der Waals surface area (Å²) in [7, 11) is -1.85. The molecule has 98 valence electrons. The minimum Gasteiger partial charge on any atom is -0.488 e. The zero-order chi connectivity index (χ0) is 13.8. The summed E-state index contributed by atoms with van der Waals surface area (Å²) in [5.74, 6) is -0.425. The van der Waals surface area contributed by atoms with Gasteiger partial charge in [0.1, 0.15) is 18.2 Å². The molecule has 0 heterocycles. The molecule has 0 aliphatic rings. The number of hydrogen-bond donors (Lipinski definition) is 2. The normalized spacial score (nSPS) is 10.3. The van der Waals surface area contributed by atoms with Crippen molar-refractivity contribution in [3.63, 3.8) is 0 Å². The van der Waals surface area contributed by atoms with Crippen molar-refractivity contribution in [1.82, 2.24) is 0 Å². The van der Waals surface area contributed by atoms with Gasteiger partial charge in [-0.3, -0.25) is 0 Å². The van der Waals surface area contributed by atoms with Crippen LogP contribution in [0.5, 0.6) is 5.75 Å². The van der Waals surface area contributed by atoms with Crippen molar-refractivity contribution >= 4 is 28.5 Å².